The van der Waals surface area contributed by atoms with Gasteiger partial charge in [-0.25, -0.2) is 0 Å². The van der Waals surface area contributed by atoms with Gasteiger partial charge in [-0.2, -0.15) is 4.99 Å². The third-order valence-electron chi connectivity index (χ3n) is 4.17. The first kappa shape index (κ1) is 14.9. The topological polar surface area (TPSA) is 112 Å². The Morgan fingerprint density at radius 1 is 1.33 bits per heavy atom. The fourth-order valence-corrected chi connectivity index (χ4v) is 3.57. The van der Waals surface area contributed by atoms with Gasteiger partial charge in [-0.3, -0.25) is 9.59 Å². The SMILES string of the molecule is CC1C/C(=C2/NC(N)=NC2=O)c2c([nH]c3ccc(Br)cc23)C(=O)N1. The minimum absolute atomic E-state index is 0.0706. The van der Waals surface area contributed by atoms with Crippen LogP contribution in [0.15, 0.2) is 33.4 Å². The van der Waals surface area contributed by atoms with Crippen molar-refractivity contribution in [1.82, 2.24) is 15.6 Å². The number of aliphatic imine (C=N–C) groups is 1. The highest BCUT2D eigenvalue weighted by molar-refractivity contribution is 9.10. The van der Waals surface area contributed by atoms with E-state index in [0.717, 1.165) is 20.9 Å². The van der Waals surface area contributed by atoms with Gasteiger partial charge in [0.15, 0.2) is 0 Å². The Morgan fingerprint density at radius 3 is 2.83 bits per heavy atom. The largest absolute Gasteiger partial charge is 0.369 e. The van der Waals surface area contributed by atoms with E-state index in [1.165, 1.54) is 0 Å². The number of hydrogen-bond donors (Lipinski definition) is 4. The van der Waals surface area contributed by atoms with Crippen molar-refractivity contribution in [1.29, 1.82) is 0 Å². The van der Waals surface area contributed by atoms with Gasteiger partial charge in [0.05, 0.1) is 0 Å². The van der Waals surface area contributed by atoms with Crippen LogP contribution < -0.4 is 16.4 Å². The number of hydrogen-bond acceptors (Lipinski definition) is 4. The normalized spacial score (nSPS) is 23.6. The molecule has 2 amide bonds. The molecule has 2 aliphatic heterocycles. The maximum absolute atomic E-state index is 12.5. The molecule has 1 unspecified atom stereocenters. The van der Waals surface area contributed by atoms with Crippen LogP contribution in [-0.4, -0.2) is 28.8 Å². The number of aromatic nitrogens is 1. The number of aromatic amines is 1. The first-order chi connectivity index (χ1) is 11.4. The number of carbonyl (C=O) groups is 2. The smallest absolute Gasteiger partial charge is 0.296 e. The lowest BCUT2D eigenvalue weighted by molar-refractivity contribution is -0.114. The van der Waals surface area contributed by atoms with Crippen LogP contribution in [0.4, 0.5) is 0 Å². The average molecular weight is 388 g/mol. The Labute approximate surface area is 145 Å². The number of rotatable bonds is 0. The predicted molar refractivity (Wildman–Crippen MR) is 94.2 cm³/mol. The van der Waals surface area contributed by atoms with Crippen molar-refractivity contribution >= 4 is 50.2 Å². The minimum atomic E-state index is -0.417. The highest BCUT2D eigenvalue weighted by Gasteiger charge is 2.32. The molecule has 1 atom stereocenters. The van der Waals surface area contributed by atoms with Gasteiger partial charge in [0.25, 0.3) is 11.8 Å². The molecule has 0 aliphatic carbocycles. The molecule has 7 nitrogen and oxygen atoms in total. The minimum Gasteiger partial charge on any atom is -0.369 e. The lowest BCUT2D eigenvalue weighted by atomic mass is 9.95. The average Bonchev–Trinajstić information content (AvgIpc) is 3.01. The van der Waals surface area contributed by atoms with Crippen LogP contribution in [0.2, 0.25) is 0 Å². The molecular weight excluding hydrogens is 374 g/mol. The first-order valence-corrected chi connectivity index (χ1v) is 8.24. The van der Waals surface area contributed by atoms with Crippen molar-refractivity contribution in [3.05, 3.63) is 39.6 Å². The lowest BCUT2D eigenvalue weighted by Crippen LogP contribution is -2.31. The van der Waals surface area contributed by atoms with Crippen molar-refractivity contribution in [2.24, 2.45) is 10.7 Å². The Hall–Kier alpha value is -2.61. The number of nitrogens with zero attached hydrogens (tertiary/aromatic N) is 1. The number of nitrogens with two attached hydrogens (primary N) is 1. The summed E-state index contributed by atoms with van der Waals surface area (Å²) in [4.78, 5) is 31.6. The zero-order chi connectivity index (χ0) is 17.0. The Kier molecular flexibility index (Phi) is 3.24. The van der Waals surface area contributed by atoms with E-state index in [0.29, 0.717) is 23.4 Å². The molecule has 5 N–H and O–H groups in total. The van der Waals surface area contributed by atoms with Gasteiger partial charge in [0.1, 0.15) is 11.4 Å². The molecule has 2 aromatic rings. The molecule has 4 rings (SSSR count). The van der Waals surface area contributed by atoms with E-state index in [1.54, 1.807) is 0 Å². The molecule has 8 heteroatoms. The van der Waals surface area contributed by atoms with Crippen molar-refractivity contribution in [3.63, 3.8) is 0 Å². The quantitative estimate of drug-likeness (QED) is 0.514. The van der Waals surface area contributed by atoms with E-state index in [9.17, 15) is 9.59 Å². The van der Waals surface area contributed by atoms with Gasteiger partial charge in [-0.15, -0.1) is 0 Å². The van der Waals surface area contributed by atoms with Gasteiger partial charge in [0.2, 0.25) is 5.96 Å². The Bertz CT molecular complexity index is 972. The monoisotopic (exact) mass is 387 g/mol. The molecule has 0 radical (unpaired) electrons. The molecular formula is C16H14BrN5O2. The second-order valence-corrected chi connectivity index (χ2v) is 6.84. The van der Waals surface area contributed by atoms with Gasteiger partial charge in [0, 0.05) is 27.0 Å². The van der Waals surface area contributed by atoms with Crippen molar-refractivity contribution < 1.29 is 9.59 Å². The molecule has 1 aromatic heterocycles. The van der Waals surface area contributed by atoms with Gasteiger partial charge < -0.3 is 21.4 Å². The highest BCUT2D eigenvalue weighted by atomic mass is 79.9. The summed E-state index contributed by atoms with van der Waals surface area (Å²) in [5.41, 5.74) is 8.68. The van der Waals surface area contributed by atoms with Crippen LogP contribution >= 0.6 is 15.9 Å². The summed E-state index contributed by atoms with van der Waals surface area (Å²) in [6, 6.07) is 5.59. The summed E-state index contributed by atoms with van der Waals surface area (Å²) in [7, 11) is 0. The number of guanidine groups is 1. The number of fused-ring (bicyclic) bond motifs is 3. The van der Waals surface area contributed by atoms with Crippen molar-refractivity contribution in [2.75, 3.05) is 0 Å². The summed E-state index contributed by atoms with van der Waals surface area (Å²) >= 11 is 3.46. The zero-order valence-electron chi connectivity index (χ0n) is 12.7. The van der Waals surface area contributed by atoms with Crippen LogP contribution in [0.5, 0.6) is 0 Å². The number of amides is 2. The van der Waals surface area contributed by atoms with E-state index >= 15 is 0 Å². The van der Waals surface area contributed by atoms with Crippen LogP contribution in [0.3, 0.4) is 0 Å². The molecule has 0 fully saturated rings. The van der Waals surface area contributed by atoms with E-state index in [-0.39, 0.29) is 17.9 Å². The maximum atomic E-state index is 12.5. The molecule has 0 saturated carbocycles. The highest BCUT2D eigenvalue weighted by Crippen LogP contribution is 2.37. The third-order valence-corrected chi connectivity index (χ3v) is 4.66. The maximum Gasteiger partial charge on any atom is 0.296 e. The van der Waals surface area contributed by atoms with Crippen molar-refractivity contribution in [3.8, 4) is 0 Å². The van der Waals surface area contributed by atoms with Gasteiger partial charge in [-0.05, 0) is 37.1 Å². The molecule has 0 spiro atoms. The second kappa shape index (κ2) is 5.20. The van der Waals surface area contributed by atoms with Gasteiger partial charge in [-0.1, -0.05) is 15.9 Å². The fourth-order valence-electron chi connectivity index (χ4n) is 3.21. The predicted octanol–water partition coefficient (Wildman–Crippen LogP) is 1.61. The summed E-state index contributed by atoms with van der Waals surface area (Å²) in [5.74, 6) is -0.541. The standard InChI is InChI=1S/C16H14BrN5O2/c1-6-4-9(12-14(23)22-16(18)21-12)11-8-5-7(17)2-3-10(8)20-13(11)15(24)19-6/h2-3,5-6,20H,4H2,1H3,(H,19,24)(H3,18,21,22,23)/b12-9-. The van der Waals surface area contributed by atoms with Crippen LogP contribution in [-0.2, 0) is 4.79 Å². The fraction of sp³-hybridized carbons (Fsp3) is 0.188. The van der Waals surface area contributed by atoms with Crippen LogP contribution in [0.25, 0.3) is 16.5 Å². The first-order valence-electron chi connectivity index (χ1n) is 7.45. The van der Waals surface area contributed by atoms with Gasteiger partial charge >= 0.3 is 0 Å². The van der Waals surface area contributed by atoms with Crippen molar-refractivity contribution in [2.45, 2.75) is 19.4 Å². The molecule has 0 bridgehead atoms. The summed E-state index contributed by atoms with van der Waals surface area (Å²) in [6.07, 6.45) is 0.495. The molecule has 24 heavy (non-hydrogen) atoms. The summed E-state index contributed by atoms with van der Waals surface area (Å²) in [5, 5.41) is 6.64. The Balaban J connectivity index is 2.06. The lowest BCUT2D eigenvalue weighted by Gasteiger charge is -2.13. The number of halogens is 1. The molecule has 0 saturated heterocycles. The number of benzene rings is 1. The van der Waals surface area contributed by atoms with E-state index in [2.05, 4.69) is 36.5 Å². The second-order valence-electron chi connectivity index (χ2n) is 5.92. The van der Waals surface area contributed by atoms with E-state index < -0.39 is 5.91 Å². The van der Waals surface area contributed by atoms with Crippen LogP contribution in [0, 0.1) is 0 Å². The summed E-state index contributed by atoms with van der Waals surface area (Å²) in [6.45, 7) is 1.89. The number of H-pyrrole nitrogens is 1. The molecule has 1 aromatic carbocycles. The molecule has 3 heterocycles. The Morgan fingerprint density at radius 2 is 2.12 bits per heavy atom. The molecule has 122 valence electrons. The van der Waals surface area contributed by atoms with Crippen LogP contribution in [0.1, 0.15) is 29.4 Å². The number of carbonyl (C=O) groups excluding carboxylic acids is 2. The molecule has 2 aliphatic rings. The van der Waals surface area contributed by atoms with E-state index in [4.69, 9.17) is 5.73 Å². The third kappa shape index (κ3) is 2.22. The summed E-state index contributed by atoms with van der Waals surface area (Å²) < 4.78 is 0.889. The number of nitrogens with one attached hydrogen (secondary N) is 3. The zero-order valence-corrected chi connectivity index (χ0v) is 14.3. The van der Waals surface area contributed by atoms with E-state index in [1.807, 2.05) is 25.1 Å².